The van der Waals surface area contributed by atoms with Crippen LogP contribution in [-0.2, 0) is 31.2 Å². The molecule has 1 atom stereocenters. The van der Waals surface area contributed by atoms with Gasteiger partial charge in [-0.15, -0.1) is 0 Å². The normalized spacial score (nSPS) is 16.3. The van der Waals surface area contributed by atoms with Gasteiger partial charge in [-0.2, -0.15) is 0 Å². The minimum atomic E-state index is 0.102. The highest BCUT2D eigenvalue weighted by molar-refractivity contribution is 5.77. The second kappa shape index (κ2) is 7.16. The Morgan fingerprint density at radius 2 is 1.81 bits per heavy atom. The Labute approximate surface area is 154 Å². The summed E-state index contributed by atoms with van der Waals surface area (Å²) in [4.78, 5) is 19.3. The average Bonchev–Trinajstić information content (AvgIpc) is 3.10. The second-order valence-corrected chi connectivity index (χ2v) is 6.92. The van der Waals surface area contributed by atoms with E-state index in [1.54, 1.807) is 6.33 Å². The maximum absolute atomic E-state index is 13.1. The van der Waals surface area contributed by atoms with E-state index in [9.17, 15) is 4.79 Å². The lowest BCUT2D eigenvalue weighted by Gasteiger charge is -2.37. The van der Waals surface area contributed by atoms with Gasteiger partial charge in [0.05, 0.1) is 12.4 Å². The van der Waals surface area contributed by atoms with Crippen LogP contribution < -0.4 is 0 Å². The number of aromatic nitrogens is 2. The lowest BCUT2D eigenvalue weighted by Crippen LogP contribution is -2.39. The number of rotatable bonds is 4. The Balaban J connectivity index is 1.58. The number of nitrogens with zero attached hydrogens (tertiary/aromatic N) is 3. The number of imidazole rings is 1. The van der Waals surface area contributed by atoms with Gasteiger partial charge < -0.3 is 9.47 Å². The number of amides is 1. The van der Waals surface area contributed by atoms with Crippen molar-refractivity contribution in [1.82, 2.24) is 14.5 Å². The highest BCUT2D eigenvalue weighted by Crippen LogP contribution is 2.33. The lowest BCUT2D eigenvalue weighted by atomic mass is 9.89. The fraction of sp³-hybridized carbons (Fsp3) is 0.273. The smallest absolute Gasteiger partial charge is 0.223 e. The van der Waals surface area contributed by atoms with Gasteiger partial charge in [-0.1, -0.05) is 54.6 Å². The van der Waals surface area contributed by atoms with Crippen LogP contribution in [0, 0.1) is 0 Å². The summed E-state index contributed by atoms with van der Waals surface area (Å²) in [6.45, 7) is 0.681. The molecule has 0 fully saturated rings. The Morgan fingerprint density at radius 1 is 1.08 bits per heavy atom. The molecule has 0 spiro atoms. The van der Waals surface area contributed by atoms with E-state index in [2.05, 4.69) is 41.4 Å². The summed E-state index contributed by atoms with van der Waals surface area (Å²) in [5, 5.41) is 0. The number of benzene rings is 2. The van der Waals surface area contributed by atoms with E-state index in [-0.39, 0.29) is 11.9 Å². The van der Waals surface area contributed by atoms with Crippen molar-refractivity contribution in [3.8, 4) is 0 Å². The van der Waals surface area contributed by atoms with Crippen LogP contribution in [0.2, 0.25) is 0 Å². The van der Waals surface area contributed by atoms with Crippen LogP contribution in [-0.4, -0.2) is 20.4 Å². The molecule has 1 aliphatic rings. The van der Waals surface area contributed by atoms with E-state index < -0.39 is 0 Å². The van der Waals surface area contributed by atoms with Gasteiger partial charge in [-0.05, 0) is 29.5 Å². The number of carbonyl (C=O) groups excluding carboxylic acids is 1. The molecule has 4 nitrogen and oxygen atoms in total. The van der Waals surface area contributed by atoms with E-state index in [1.165, 1.54) is 16.7 Å². The molecule has 4 heteroatoms. The lowest BCUT2D eigenvalue weighted by molar-refractivity contribution is -0.134. The Morgan fingerprint density at radius 3 is 2.54 bits per heavy atom. The highest BCUT2D eigenvalue weighted by Gasteiger charge is 2.30. The number of carbonyl (C=O) groups is 1. The monoisotopic (exact) mass is 345 g/mol. The molecule has 0 N–H and O–H groups in total. The van der Waals surface area contributed by atoms with Gasteiger partial charge >= 0.3 is 0 Å². The first-order valence-corrected chi connectivity index (χ1v) is 9.09. The first-order chi connectivity index (χ1) is 12.7. The van der Waals surface area contributed by atoms with Crippen molar-refractivity contribution >= 4 is 5.91 Å². The summed E-state index contributed by atoms with van der Waals surface area (Å²) in [5.41, 5.74) is 4.90. The summed E-state index contributed by atoms with van der Waals surface area (Å²) in [6.07, 6.45) is 5.72. The summed E-state index contributed by atoms with van der Waals surface area (Å²) in [5.74, 6) is 0.203. The number of hydrogen-bond donors (Lipinski definition) is 0. The molecular weight excluding hydrogens is 322 g/mol. The molecule has 1 aromatic heterocycles. The second-order valence-electron chi connectivity index (χ2n) is 6.92. The SMILES string of the molecule is Cn1cncc1CCC(=O)N1Cc2ccccc2C[C@H]1c1ccccc1. The largest absolute Gasteiger partial charge is 0.338 e. The van der Waals surface area contributed by atoms with Gasteiger partial charge in [0.15, 0.2) is 0 Å². The summed E-state index contributed by atoms with van der Waals surface area (Å²) >= 11 is 0. The minimum Gasteiger partial charge on any atom is -0.338 e. The van der Waals surface area contributed by atoms with Crippen molar-refractivity contribution in [2.24, 2.45) is 7.05 Å². The molecule has 0 radical (unpaired) electrons. The van der Waals surface area contributed by atoms with Gasteiger partial charge in [0.25, 0.3) is 0 Å². The fourth-order valence-electron chi connectivity index (χ4n) is 3.76. The zero-order valence-electron chi connectivity index (χ0n) is 15.0. The fourth-order valence-corrected chi connectivity index (χ4v) is 3.76. The molecule has 2 aromatic carbocycles. The average molecular weight is 345 g/mol. The van der Waals surface area contributed by atoms with Crippen LogP contribution in [0.4, 0.5) is 0 Å². The molecule has 0 saturated carbocycles. The Hall–Kier alpha value is -2.88. The molecule has 2 heterocycles. The molecule has 26 heavy (non-hydrogen) atoms. The van der Waals surface area contributed by atoms with Gasteiger partial charge in [0, 0.05) is 31.9 Å². The summed E-state index contributed by atoms with van der Waals surface area (Å²) < 4.78 is 1.98. The third-order valence-corrected chi connectivity index (χ3v) is 5.26. The quantitative estimate of drug-likeness (QED) is 0.723. The van der Waals surface area contributed by atoms with Gasteiger partial charge in [-0.3, -0.25) is 4.79 Å². The molecule has 1 aliphatic heterocycles. The van der Waals surface area contributed by atoms with Crippen LogP contribution in [0.25, 0.3) is 0 Å². The van der Waals surface area contributed by atoms with Crippen molar-refractivity contribution in [1.29, 1.82) is 0 Å². The van der Waals surface area contributed by atoms with Crippen molar-refractivity contribution in [3.63, 3.8) is 0 Å². The van der Waals surface area contributed by atoms with Crippen molar-refractivity contribution in [2.75, 3.05) is 0 Å². The maximum atomic E-state index is 13.1. The van der Waals surface area contributed by atoms with E-state index in [0.29, 0.717) is 13.0 Å². The molecule has 0 unspecified atom stereocenters. The summed E-state index contributed by atoms with van der Waals surface area (Å²) in [6, 6.07) is 18.9. The molecular formula is C22H23N3O. The van der Waals surface area contributed by atoms with E-state index in [1.807, 2.05) is 40.9 Å². The van der Waals surface area contributed by atoms with Gasteiger partial charge in [-0.25, -0.2) is 4.98 Å². The van der Waals surface area contributed by atoms with Gasteiger partial charge in [0.1, 0.15) is 0 Å². The molecule has 3 aromatic rings. The number of aryl methyl sites for hydroxylation is 2. The van der Waals surface area contributed by atoms with Gasteiger partial charge in [0.2, 0.25) is 5.91 Å². The summed E-state index contributed by atoms with van der Waals surface area (Å²) in [7, 11) is 1.97. The molecule has 132 valence electrons. The topological polar surface area (TPSA) is 38.1 Å². The third-order valence-electron chi connectivity index (χ3n) is 5.26. The van der Waals surface area contributed by atoms with Crippen molar-refractivity contribution in [3.05, 3.63) is 89.5 Å². The first kappa shape index (κ1) is 16.6. The number of fused-ring (bicyclic) bond motifs is 1. The zero-order valence-corrected chi connectivity index (χ0v) is 15.0. The van der Waals surface area contributed by atoms with Crippen LogP contribution in [0.15, 0.2) is 67.1 Å². The third kappa shape index (κ3) is 3.27. The number of hydrogen-bond acceptors (Lipinski definition) is 2. The molecule has 0 saturated heterocycles. The molecule has 1 amide bonds. The van der Waals surface area contributed by atoms with E-state index in [0.717, 1.165) is 18.5 Å². The van der Waals surface area contributed by atoms with Crippen molar-refractivity contribution < 1.29 is 4.79 Å². The maximum Gasteiger partial charge on any atom is 0.223 e. The van der Waals surface area contributed by atoms with Crippen LogP contribution in [0.5, 0.6) is 0 Å². The van der Waals surface area contributed by atoms with E-state index >= 15 is 0 Å². The van der Waals surface area contributed by atoms with Crippen LogP contribution in [0.3, 0.4) is 0 Å². The molecule has 0 bridgehead atoms. The zero-order chi connectivity index (χ0) is 17.9. The first-order valence-electron chi connectivity index (χ1n) is 9.09. The standard InChI is InChI=1S/C22H23N3O/c1-24-16-23-14-20(24)11-12-22(26)25-15-19-10-6-5-9-18(19)13-21(25)17-7-3-2-4-8-17/h2-10,14,16,21H,11-13,15H2,1H3/t21-/m0/s1. The van der Waals surface area contributed by atoms with E-state index in [4.69, 9.17) is 0 Å². The highest BCUT2D eigenvalue weighted by atomic mass is 16.2. The minimum absolute atomic E-state index is 0.102. The Bertz CT molecular complexity index is 901. The van der Waals surface area contributed by atoms with Crippen LogP contribution >= 0.6 is 0 Å². The predicted octanol–water partition coefficient (Wildman–Crippen LogP) is 3.68. The predicted molar refractivity (Wildman–Crippen MR) is 101 cm³/mol. The van der Waals surface area contributed by atoms with Crippen LogP contribution in [0.1, 0.15) is 34.8 Å². The van der Waals surface area contributed by atoms with Crippen molar-refractivity contribution in [2.45, 2.75) is 31.8 Å². The molecule has 4 rings (SSSR count). The Kier molecular flexibility index (Phi) is 4.57. The molecule has 0 aliphatic carbocycles.